The van der Waals surface area contributed by atoms with E-state index in [4.69, 9.17) is 5.73 Å². The van der Waals surface area contributed by atoms with Gasteiger partial charge >= 0.3 is 5.69 Å². The monoisotopic (exact) mass is 258 g/mol. The molecule has 0 aliphatic heterocycles. The Balaban J connectivity index is 2.48. The fraction of sp³-hybridized carbons (Fsp3) is 0.154. The van der Waals surface area contributed by atoms with Crippen LogP contribution in [0.2, 0.25) is 0 Å². The first-order valence-electron chi connectivity index (χ1n) is 5.70. The molecule has 6 nitrogen and oxygen atoms in total. The minimum Gasteiger partial charge on any atom is -0.384 e. The number of aromatic nitrogens is 1. The number of nitro groups is 1. The molecule has 1 heterocycles. The molecule has 0 unspecified atom stereocenters. The first-order chi connectivity index (χ1) is 8.99. The molecule has 0 saturated heterocycles. The normalized spacial score (nSPS) is 10.2. The number of anilines is 3. The van der Waals surface area contributed by atoms with E-state index in [9.17, 15) is 10.1 Å². The number of nitrogens with zero attached hydrogens (tertiary/aromatic N) is 3. The number of nitrogen functional groups attached to an aromatic ring is 1. The van der Waals surface area contributed by atoms with Gasteiger partial charge in [0.1, 0.15) is 5.82 Å². The predicted octanol–water partition coefficient (Wildman–Crippen LogP) is 2.65. The molecule has 6 heteroatoms. The van der Waals surface area contributed by atoms with Gasteiger partial charge in [-0.25, -0.2) is 4.98 Å². The first-order valence-corrected chi connectivity index (χ1v) is 5.70. The maximum Gasteiger partial charge on any atom is 0.312 e. The molecule has 0 aliphatic rings. The zero-order valence-corrected chi connectivity index (χ0v) is 10.7. The van der Waals surface area contributed by atoms with Gasteiger partial charge in [0.05, 0.1) is 4.92 Å². The zero-order valence-electron chi connectivity index (χ0n) is 10.7. The summed E-state index contributed by atoms with van der Waals surface area (Å²) in [4.78, 5) is 16.3. The Hall–Kier alpha value is -2.63. The third kappa shape index (κ3) is 2.62. The second-order valence-corrected chi connectivity index (χ2v) is 4.23. The lowest BCUT2D eigenvalue weighted by atomic mass is 10.2. The fourth-order valence-corrected chi connectivity index (χ4v) is 1.74. The first kappa shape index (κ1) is 12.8. The molecular formula is C13H14N4O2. The second-order valence-electron chi connectivity index (χ2n) is 4.23. The molecule has 2 rings (SSSR count). The molecule has 98 valence electrons. The molecule has 0 radical (unpaired) electrons. The van der Waals surface area contributed by atoms with Crippen molar-refractivity contribution in [3.8, 4) is 0 Å². The summed E-state index contributed by atoms with van der Waals surface area (Å²) in [7, 11) is 1.72. The Morgan fingerprint density at radius 3 is 2.42 bits per heavy atom. The maximum atomic E-state index is 11.0. The summed E-state index contributed by atoms with van der Waals surface area (Å²) in [5.41, 5.74) is 7.46. The van der Waals surface area contributed by atoms with Gasteiger partial charge in [-0.15, -0.1) is 0 Å². The van der Waals surface area contributed by atoms with E-state index in [1.165, 1.54) is 12.1 Å². The maximum absolute atomic E-state index is 11.0. The summed E-state index contributed by atoms with van der Waals surface area (Å²) in [5.74, 6) is 0.480. The predicted molar refractivity (Wildman–Crippen MR) is 74.5 cm³/mol. The number of rotatable bonds is 3. The van der Waals surface area contributed by atoms with Gasteiger partial charge in [0.25, 0.3) is 0 Å². The molecule has 2 aromatic rings. The quantitative estimate of drug-likeness (QED) is 0.675. The Kier molecular flexibility index (Phi) is 3.33. The van der Waals surface area contributed by atoms with Gasteiger partial charge in [0.15, 0.2) is 0 Å². The van der Waals surface area contributed by atoms with Crippen molar-refractivity contribution in [3.63, 3.8) is 0 Å². The molecule has 1 aromatic carbocycles. The van der Waals surface area contributed by atoms with E-state index in [0.717, 1.165) is 11.3 Å². The Bertz CT molecular complexity index is 611. The average molecular weight is 258 g/mol. The molecule has 0 amide bonds. The molecule has 0 atom stereocenters. The van der Waals surface area contributed by atoms with Crippen molar-refractivity contribution in [3.05, 3.63) is 52.1 Å². The van der Waals surface area contributed by atoms with Crippen LogP contribution in [0.5, 0.6) is 0 Å². The lowest BCUT2D eigenvalue weighted by Crippen LogP contribution is -2.14. The molecule has 0 fully saturated rings. The number of hydrogen-bond acceptors (Lipinski definition) is 5. The van der Waals surface area contributed by atoms with Gasteiger partial charge in [-0.3, -0.25) is 10.1 Å². The minimum absolute atomic E-state index is 0.0720. The molecule has 0 bridgehead atoms. The van der Waals surface area contributed by atoms with Gasteiger partial charge in [0, 0.05) is 18.8 Å². The van der Waals surface area contributed by atoms with Crippen molar-refractivity contribution in [2.45, 2.75) is 6.92 Å². The Morgan fingerprint density at radius 1 is 1.21 bits per heavy atom. The second kappa shape index (κ2) is 4.93. The van der Waals surface area contributed by atoms with Crippen LogP contribution in [0, 0.1) is 17.0 Å². The van der Waals surface area contributed by atoms with Crippen molar-refractivity contribution < 1.29 is 4.92 Å². The molecule has 0 saturated carbocycles. The topological polar surface area (TPSA) is 85.3 Å². The van der Waals surface area contributed by atoms with Gasteiger partial charge < -0.3 is 10.6 Å². The van der Waals surface area contributed by atoms with Crippen LogP contribution in [0.25, 0.3) is 0 Å². The lowest BCUT2D eigenvalue weighted by Gasteiger charge is -2.18. The smallest absolute Gasteiger partial charge is 0.312 e. The van der Waals surface area contributed by atoms with Crippen LogP contribution in [0.1, 0.15) is 5.56 Å². The van der Waals surface area contributed by atoms with Crippen molar-refractivity contribution >= 4 is 23.0 Å². The van der Waals surface area contributed by atoms with E-state index in [2.05, 4.69) is 4.98 Å². The van der Waals surface area contributed by atoms with Crippen LogP contribution < -0.4 is 10.6 Å². The minimum atomic E-state index is -0.466. The van der Waals surface area contributed by atoms with Crippen LogP contribution in [-0.4, -0.2) is 17.0 Å². The molecule has 19 heavy (non-hydrogen) atoms. The number of nitrogens with two attached hydrogens (primary N) is 1. The molecular weight excluding hydrogens is 244 g/mol. The highest BCUT2D eigenvalue weighted by atomic mass is 16.6. The van der Waals surface area contributed by atoms with E-state index in [0.29, 0.717) is 0 Å². The van der Waals surface area contributed by atoms with Crippen LogP contribution in [0.15, 0.2) is 36.4 Å². The van der Waals surface area contributed by atoms with Gasteiger partial charge in [-0.1, -0.05) is 17.7 Å². The summed E-state index contributed by atoms with van der Waals surface area (Å²) >= 11 is 0. The van der Waals surface area contributed by atoms with Crippen LogP contribution >= 0.6 is 0 Å². The Labute approximate surface area is 110 Å². The average Bonchev–Trinajstić information content (AvgIpc) is 2.38. The van der Waals surface area contributed by atoms with Crippen molar-refractivity contribution in [1.29, 1.82) is 0 Å². The van der Waals surface area contributed by atoms with E-state index >= 15 is 0 Å². The molecule has 0 spiro atoms. The molecule has 0 aliphatic carbocycles. The largest absolute Gasteiger partial charge is 0.384 e. The van der Waals surface area contributed by atoms with Crippen molar-refractivity contribution in [2.24, 2.45) is 0 Å². The highest BCUT2D eigenvalue weighted by molar-refractivity contribution is 5.69. The van der Waals surface area contributed by atoms with Gasteiger partial charge in [0.2, 0.25) is 5.82 Å². The Morgan fingerprint density at radius 2 is 1.84 bits per heavy atom. The SMILES string of the molecule is Cc1ccc(N(C)c2nc(N)ccc2[N+](=O)[O-])cc1. The van der Waals surface area contributed by atoms with E-state index in [-0.39, 0.29) is 17.3 Å². The van der Waals surface area contributed by atoms with Crippen LogP contribution in [0.4, 0.5) is 23.0 Å². The zero-order chi connectivity index (χ0) is 14.0. The highest BCUT2D eigenvalue weighted by Crippen LogP contribution is 2.31. The van der Waals surface area contributed by atoms with E-state index < -0.39 is 4.92 Å². The van der Waals surface area contributed by atoms with Crippen molar-refractivity contribution in [1.82, 2.24) is 4.98 Å². The number of aryl methyl sites for hydroxylation is 1. The van der Waals surface area contributed by atoms with Crippen LogP contribution in [-0.2, 0) is 0 Å². The third-order valence-electron chi connectivity index (χ3n) is 2.81. The summed E-state index contributed by atoms with van der Waals surface area (Å²) in [6.45, 7) is 1.98. The fourth-order valence-electron chi connectivity index (χ4n) is 1.74. The van der Waals surface area contributed by atoms with E-state index in [1.54, 1.807) is 11.9 Å². The van der Waals surface area contributed by atoms with Gasteiger partial charge in [-0.05, 0) is 25.1 Å². The van der Waals surface area contributed by atoms with Crippen LogP contribution in [0.3, 0.4) is 0 Å². The molecule has 1 aromatic heterocycles. The summed E-state index contributed by atoms with van der Waals surface area (Å²) in [5, 5.41) is 11.0. The standard InChI is InChI=1S/C13H14N4O2/c1-9-3-5-10(6-4-9)16(2)13-11(17(18)19)7-8-12(14)15-13/h3-8H,1-2H3,(H2,14,15). The third-order valence-corrected chi connectivity index (χ3v) is 2.81. The summed E-state index contributed by atoms with van der Waals surface area (Å²) < 4.78 is 0. The number of benzene rings is 1. The van der Waals surface area contributed by atoms with Gasteiger partial charge in [-0.2, -0.15) is 0 Å². The number of pyridine rings is 1. The number of hydrogen-bond donors (Lipinski definition) is 1. The van der Waals surface area contributed by atoms with E-state index in [1.807, 2.05) is 31.2 Å². The highest BCUT2D eigenvalue weighted by Gasteiger charge is 2.20. The lowest BCUT2D eigenvalue weighted by molar-refractivity contribution is -0.384. The summed E-state index contributed by atoms with van der Waals surface area (Å²) in [6, 6.07) is 10.4. The summed E-state index contributed by atoms with van der Waals surface area (Å²) in [6.07, 6.45) is 0. The molecule has 2 N–H and O–H groups in total. The van der Waals surface area contributed by atoms with Crippen molar-refractivity contribution in [2.75, 3.05) is 17.7 Å².